The molecule has 2 aromatic heterocycles. The maximum atomic E-state index is 11.7. The van der Waals surface area contributed by atoms with Crippen LogP contribution in [0.3, 0.4) is 0 Å². The minimum atomic E-state index is 0.349. The van der Waals surface area contributed by atoms with E-state index in [0.29, 0.717) is 11.7 Å². The minimum absolute atomic E-state index is 0.349. The van der Waals surface area contributed by atoms with Crippen LogP contribution in [0.5, 0.6) is 0 Å². The minimum Gasteiger partial charge on any atom is -0.343 e. The summed E-state index contributed by atoms with van der Waals surface area (Å²) in [5, 5.41) is 0. The second-order valence-electron chi connectivity index (χ2n) is 7.62. The molecular weight excluding hydrogens is 338 g/mol. The lowest BCUT2D eigenvalue weighted by Gasteiger charge is -2.32. The van der Waals surface area contributed by atoms with Crippen molar-refractivity contribution in [3.63, 3.8) is 0 Å². The van der Waals surface area contributed by atoms with E-state index in [1.165, 1.54) is 12.8 Å². The van der Waals surface area contributed by atoms with Crippen molar-refractivity contribution >= 4 is 5.91 Å². The third-order valence-corrected chi connectivity index (χ3v) is 5.69. The molecule has 4 heterocycles. The molecule has 0 atom stereocenters. The number of amides is 1. The number of carbonyl (C=O) groups is 1. The molecule has 27 heavy (non-hydrogen) atoms. The number of likely N-dealkylation sites (tertiary alicyclic amines) is 2. The molecule has 142 valence electrons. The van der Waals surface area contributed by atoms with Crippen molar-refractivity contribution in [2.24, 2.45) is 5.92 Å². The molecule has 2 aromatic rings. The molecule has 0 spiro atoms. The summed E-state index contributed by atoms with van der Waals surface area (Å²) >= 11 is 0. The molecule has 4 rings (SSSR count). The molecule has 1 amide bonds. The van der Waals surface area contributed by atoms with E-state index in [-0.39, 0.29) is 0 Å². The van der Waals surface area contributed by atoms with E-state index in [1.807, 2.05) is 35.5 Å². The zero-order valence-electron chi connectivity index (χ0n) is 15.8. The van der Waals surface area contributed by atoms with Crippen LogP contribution in [0.15, 0.2) is 36.8 Å². The predicted octanol–water partition coefficient (Wildman–Crippen LogP) is 2.76. The molecule has 6 heteroatoms. The fourth-order valence-corrected chi connectivity index (χ4v) is 4.03. The van der Waals surface area contributed by atoms with Crippen molar-refractivity contribution in [2.75, 3.05) is 26.2 Å². The molecule has 0 bridgehead atoms. The van der Waals surface area contributed by atoms with E-state index in [4.69, 9.17) is 0 Å². The summed E-state index contributed by atoms with van der Waals surface area (Å²) in [6.07, 6.45) is 11.0. The van der Waals surface area contributed by atoms with Crippen LogP contribution in [0.4, 0.5) is 0 Å². The quantitative estimate of drug-likeness (QED) is 0.788. The summed E-state index contributed by atoms with van der Waals surface area (Å²) in [7, 11) is 0. The molecule has 6 nitrogen and oxygen atoms in total. The first-order valence-electron chi connectivity index (χ1n) is 10.0. The highest BCUT2D eigenvalue weighted by Gasteiger charge is 2.23. The number of piperidine rings is 1. The normalized spacial score (nSPS) is 19.0. The monoisotopic (exact) mass is 365 g/mol. The van der Waals surface area contributed by atoms with Crippen LogP contribution in [0.1, 0.15) is 37.7 Å². The van der Waals surface area contributed by atoms with Gasteiger partial charge in [-0.1, -0.05) is 6.07 Å². The predicted molar refractivity (Wildman–Crippen MR) is 104 cm³/mol. The summed E-state index contributed by atoms with van der Waals surface area (Å²) in [6, 6.07) is 5.77. The molecule has 0 unspecified atom stereocenters. The first-order valence-corrected chi connectivity index (χ1v) is 10.0. The maximum absolute atomic E-state index is 11.7. The van der Waals surface area contributed by atoms with Crippen LogP contribution in [-0.2, 0) is 11.3 Å². The molecule has 0 N–H and O–H groups in total. The maximum Gasteiger partial charge on any atom is 0.222 e. The molecule has 0 saturated carbocycles. The van der Waals surface area contributed by atoms with Crippen molar-refractivity contribution in [1.82, 2.24) is 24.8 Å². The number of aromatic nitrogens is 3. The Morgan fingerprint density at radius 2 is 1.85 bits per heavy atom. The Balaban J connectivity index is 1.22. The number of hydrogen-bond donors (Lipinski definition) is 0. The molecular formula is C21H27N5O. The SMILES string of the molecule is O=C1CCCN1CCC1CCN(Cc2cnc(-c3ccccn3)nc2)CC1. The highest BCUT2D eigenvalue weighted by atomic mass is 16.2. The van der Waals surface area contributed by atoms with Gasteiger partial charge in [-0.25, -0.2) is 9.97 Å². The van der Waals surface area contributed by atoms with Gasteiger partial charge in [0.2, 0.25) is 5.91 Å². The summed E-state index contributed by atoms with van der Waals surface area (Å²) in [4.78, 5) is 29.5. The van der Waals surface area contributed by atoms with Gasteiger partial charge in [-0.2, -0.15) is 0 Å². The topological polar surface area (TPSA) is 62.2 Å². The van der Waals surface area contributed by atoms with Crippen LogP contribution < -0.4 is 0 Å². The van der Waals surface area contributed by atoms with Crippen LogP contribution in [0.2, 0.25) is 0 Å². The van der Waals surface area contributed by atoms with Gasteiger partial charge in [-0.15, -0.1) is 0 Å². The van der Waals surface area contributed by atoms with E-state index in [1.54, 1.807) is 6.20 Å². The van der Waals surface area contributed by atoms with Gasteiger partial charge in [0.1, 0.15) is 5.69 Å². The number of hydrogen-bond acceptors (Lipinski definition) is 5. The average Bonchev–Trinajstić information content (AvgIpc) is 3.13. The Bertz CT molecular complexity index is 741. The first kappa shape index (κ1) is 18.0. The summed E-state index contributed by atoms with van der Waals surface area (Å²) in [5.74, 6) is 1.77. The Kier molecular flexibility index (Phi) is 5.72. The van der Waals surface area contributed by atoms with E-state index in [2.05, 4.69) is 19.9 Å². The first-order chi connectivity index (χ1) is 13.3. The van der Waals surface area contributed by atoms with Crippen molar-refractivity contribution in [1.29, 1.82) is 0 Å². The van der Waals surface area contributed by atoms with Crippen LogP contribution in [0.25, 0.3) is 11.5 Å². The smallest absolute Gasteiger partial charge is 0.222 e. The third-order valence-electron chi connectivity index (χ3n) is 5.69. The Morgan fingerprint density at radius 1 is 1.04 bits per heavy atom. The third kappa shape index (κ3) is 4.69. The van der Waals surface area contributed by atoms with Crippen molar-refractivity contribution in [2.45, 2.75) is 38.6 Å². The molecule has 0 aliphatic carbocycles. The summed E-state index contributed by atoms with van der Waals surface area (Å²) in [5.41, 5.74) is 1.96. The van der Waals surface area contributed by atoms with Gasteiger partial charge in [0.15, 0.2) is 5.82 Å². The number of nitrogens with zero attached hydrogens (tertiary/aromatic N) is 5. The van der Waals surface area contributed by atoms with Gasteiger partial charge in [0, 0.05) is 50.2 Å². The Labute approximate surface area is 160 Å². The van der Waals surface area contributed by atoms with E-state index in [0.717, 1.165) is 69.2 Å². The zero-order chi connectivity index (χ0) is 18.5. The lowest BCUT2D eigenvalue weighted by atomic mass is 9.93. The Hall–Kier alpha value is -2.34. The van der Waals surface area contributed by atoms with E-state index < -0.39 is 0 Å². The highest BCUT2D eigenvalue weighted by molar-refractivity contribution is 5.77. The van der Waals surface area contributed by atoms with Gasteiger partial charge in [0.25, 0.3) is 0 Å². The van der Waals surface area contributed by atoms with Gasteiger partial charge < -0.3 is 4.90 Å². The lowest BCUT2D eigenvalue weighted by molar-refractivity contribution is -0.127. The summed E-state index contributed by atoms with van der Waals surface area (Å²) < 4.78 is 0. The fraction of sp³-hybridized carbons (Fsp3) is 0.524. The molecule has 0 aromatic carbocycles. The number of rotatable bonds is 6. The average molecular weight is 365 g/mol. The zero-order valence-corrected chi connectivity index (χ0v) is 15.8. The fourth-order valence-electron chi connectivity index (χ4n) is 4.03. The van der Waals surface area contributed by atoms with Gasteiger partial charge in [0.05, 0.1) is 0 Å². The van der Waals surface area contributed by atoms with Crippen LogP contribution in [-0.4, -0.2) is 56.8 Å². The standard InChI is InChI=1S/C21H27N5O/c27-20-5-3-10-26(20)13-8-17-6-11-25(12-7-17)16-18-14-23-21(24-15-18)19-4-1-2-9-22-19/h1-2,4,9,14-15,17H,3,5-8,10-13,16H2. The van der Waals surface area contributed by atoms with Crippen molar-refractivity contribution < 1.29 is 4.79 Å². The largest absolute Gasteiger partial charge is 0.343 e. The molecule has 2 saturated heterocycles. The van der Waals surface area contributed by atoms with E-state index >= 15 is 0 Å². The molecule has 0 radical (unpaired) electrons. The highest BCUT2D eigenvalue weighted by Crippen LogP contribution is 2.23. The van der Waals surface area contributed by atoms with Crippen LogP contribution in [0, 0.1) is 5.92 Å². The van der Waals surface area contributed by atoms with Crippen molar-refractivity contribution in [3.8, 4) is 11.5 Å². The molecule has 2 fully saturated rings. The van der Waals surface area contributed by atoms with Gasteiger partial charge >= 0.3 is 0 Å². The second kappa shape index (κ2) is 8.57. The van der Waals surface area contributed by atoms with Gasteiger partial charge in [-0.05, 0) is 56.8 Å². The molecule has 2 aliphatic heterocycles. The number of pyridine rings is 1. The lowest BCUT2D eigenvalue weighted by Crippen LogP contribution is -2.35. The van der Waals surface area contributed by atoms with Crippen LogP contribution >= 0.6 is 0 Å². The van der Waals surface area contributed by atoms with Crippen molar-refractivity contribution in [3.05, 3.63) is 42.4 Å². The number of carbonyl (C=O) groups excluding carboxylic acids is 1. The Morgan fingerprint density at radius 3 is 2.52 bits per heavy atom. The van der Waals surface area contributed by atoms with E-state index in [9.17, 15) is 4.79 Å². The molecule has 2 aliphatic rings. The second-order valence-corrected chi connectivity index (χ2v) is 7.62. The summed E-state index contributed by atoms with van der Waals surface area (Å²) in [6.45, 7) is 5.04. The van der Waals surface area contributed by atoms with Gasteiger partial charge in [-0.3, -0.25) is 14.7 Å².